The lowest BCUT2D eigenvalue weighted by atomic mass is 10.4. The molecule has 0 aromatic heterocycles. The fourth-order valence-electron chi connectivity index (χ4n) is 0.521. The smallest absolute Gasteiger partial charge is 0.307 e. The van der Waals surface area contributed by atoms with Gasteiger partial charge in [0.05, 0.1) is 13.0 Å². The van der Waals surface area contributed by atoms with Crippen LogP contribution in [-0.4, -0.2) is 25.5 Å². The zero-order chi connectivity index (χ0) is 8.53. The first kappa shape index (κ1) is 9.94. The van der Waals surface area contributed by atoms with Crippen molar-refractivity contribution in [2.45, 2.75) is 19.8 Å². The minimum atomic E-state index is -0.263. The van der Waals surface area contributed by atoms with Gasteiger partial charge in [-0.3, -0.25) is 9.59 Å². The van der Waals surface area contributed by atoms with Crippen LogP contribution in [0.1, 0.15) is 19.8 Å². The van der Waals surface area contributed by atoms with Crippen LogP contribution in [-0.2, 0) is 14.3 Å². The average Bonchev–Trinajstić information content (AvgIpc) is 2.01. The molecule has 1 amide bonds. The normalized spacial score (nSPS) is 8.82. The summed E-state index contributed by atoms with van der Waals surface area (Å²) in [6, 6.07) is 0. The molecule has 0 radical (unpaired) electrons. The fourth-order valence-corrected chi connectivity index (χ4v) is 0.521. The highest BCUT2D eigenvalue weighted by Gasteiger charge is 1.99. The van der Waals surface area contributed by atoms with Crippen LogP contribution in [0.5, 0.6) is 0 Å². The molecule has 4 nitrogen and oxygen atoms in total. The standard InChI is InChI=1S/C7H13NO3/c1-2-5-11-7(10)3-4-8-6-9/h6H,2-5H2,1H3,(H,8,9). The highest BCUT2D eigenvalue weighted by atomic mass is 16.5. The lowest BCUT2D eigenvalue weighted by Crippen LogP contribution is -2.17. The summed E-state index contributed by atoms with van der Waals surface area (Å²) in [5, 5.41) is 2.37. The Morgan fingerprint density at radius 2 is 2.36 bits per heavy atom. The molecule has 0 aromatic carbocycles. The Kier molecular flexibility index (Phi) is 6.37. The van der Waals surface area contributed by atoms with Crippen LogP contribution in [0.3, 0.4) is 0 Å². The van der Waals surface area contributed by atoms with Crippen molar-refractivity contribution in [3.63, 3.8) is 0 Å². The summed E-state index contributed by atoms with van der Waals surface area (Å²) in [6.45, 7) is 2.74. The predicted octanol–water partition coefficient (Wildman–Crippen LogP) is 0.0757. The molecule has 11 heavy (non-hydrogen) atoms. The number of hydrogen-bond donors (Lipinski definition) is 1. The highest BCUT2D eigenvalue weighted by molar-refractivity contribution is 5.69. The molecule has 0 rings (SSSR count). The molecule has 1 N–H and O–H groups in total. The molecular weight excluding hydrogens is 146 g/mol. The molecule has 0 unspecified atom stereocenters. The molecule has 0 bridgehead atoms. The zero-order valence-corrected chi connectivity index (χ0v) is 6.63. The molecule has 0 saturated carbocycles. The van der Waals surface area contributed by atoms with Crippen molar-refractivity contribution in [2.75, 3.05) is 13.2 Å². The van der Waals surface area contributed by atoms with Crippen LogP contribution < -0.4 is 5.32 Å². The van der Waals surface area contributed by atoms with Crippen LogP contribution in [0.2, 0.25) is 0 Å². The maximum atomic E-state index is 10.7. The van der Waals surface area contributed by atoms with Gasteiger partial charge in [-0.05, 0) is 6.42 Å². The van der Waals surface area contributed by atoms with Gasteiger partial charge in [0, 0.05) is 6.54 Å². The Hall–Kier alpha value is -1.06. The number of nitrogens with one attached hydrogen (secondary N) is 1. The Balaban J connectivity index is 3.15. The second kappa shape index (κ2) is 7.05. The quantitative estimate of drug-likeness (QED) is 0.339. The van der Waals surface area contributed by atoms with Gasteiger partial charge < -0.3 is 10.1 Å². The summed E-state index contributed by atoms with van der Waals surface area (Å²) >= 11 is 0. The van der Waals surface area contributed by atoms with Gasteiger partial charge in [0.2, 0.25) is 6.41 Å². The molecule has 0 heterocycles. The van der Waals surface area contributed by atoms with Gasteiger partial charge in [0.1, 0.15) is 0 Å². The van der Waals surface area contributed by atoms with E-state index in [2.05, 4.69) is 5.32 Å². The Morgan fingerprint density at radius 3 is 2.91 bits per heavy atom. The first-order chi connectivity index (χ1) is 5.31. The van der Waals surface area contributed by atoms with Crippen LogP contribution in [0.15, 0.2) is 0 Å². The summed E-state index contributed by atoms with van der Waals surface area (Å²) in [5.74, 6) is -0.263. The highest BCUT2D eigenvalue weighted by Crippen LogP contribution is 1.86. The third-order valence-corrected chi connectivity index (χ3v) is 1.02. The number of carbonyl (C=O) groups is 2. The molecule has 0 saturated heterocycles. The maximum absolute atomic E-state index is 10.7. The number of ether oxygens (including phenoxy) is 1. The topological polar surface area (TPSA) is 55.4 Å². The van der Waals surface area contributed by atoms with E-state index >= 15 is 0 Å². The number of hydrogen-bond acceptors (Lipinski definition) is 3. The van der Waals surface area contributed by atoms with Gasteiger partial charge in [-0.1, -0.05) is 6.92 Å². The molecule has 4 heteroatoms. The number of carbonyl (C=O) groups excluding carboxylic acids is 2. The Labute approximate surface area is 65.9 Å². The minimum absolute atomic E-state index is 0.249. The molecule has 0 aliphatic carbocycles. The van der Waals surface area contributed by atoms with E-state index in [9.17, 15) is 9.59 Å². The van der Waals surface area contributed by atoms with Crippen LogP contribution in [0.25, 0.3) is 0 Å². The summed E-state index contributed by atoms with van der Waals surface area (Å²) in [4.78, 5) is 20.4. The first-order valence-electron chi connectivity index (χ1n) is 3.64. The van der Waals surface area contributed by atoms with E-state index in [-0.39, 0.29) is 12.4 Å². The van der Waals surface area contributed by atoms with Crippen molar-refractivity contribution in [2.24, 2.45) is 0 Å². The number of esters is 1. The Bertz CT molecular complexity index is 125. The maximum Gasteiger partial charge on any atom is 0.307 e. The van der Waals surface area contributed by atoms with Crippen molar-refractivity contribution < 1.29 is 14.3 Å². The van der Waals surface area contributed by atoms with E-state index in [1.54, 1.807) is 0 Å². The van der Waals surface area contributed by atoms with Crippen molar-refractivity contribution in [3.8, 4) is 0 Å². The fraction of sp³-hybridized carbons (Fsp3) is 0.714. The van der Waals surface area contributed by atoms with Crippen molar-refractivity contribution in [1.29, 1.82) is 0 Å². The third kappa shape index (κ3) is 6.83. The molecule has 64 valence electrons. The van der Waals surface area contributed by atoms with Gasteiger partial charge >= 0.3 is 5.97 Å². The molecule has 0 atom stereocenters. The molecule has 0 aliphatic rings. The van der Waals surface area contributed by atoms with E-state index in [1.807, 2.05) is 6.92 Å². The van der Waals surface area contributed by atoms with E-state index in [0.717, 1.165) is 6.42 Å². The van der Waals surface area contributed by atoms with Gasteiger partial charge in [-0.15, -0.1) is 0 Å². The van der Waals surface area contributed by atoms with E-state index < -0.39 is 0 Å². The summed E-state index contributed by atoms with van der Waals surface area (Å²) < 4.78 is 4.74. The van der Waals surface area contributed by atoms with Gasteiger partial charge in [-0.2, -0.15) is 0 Å². The van der Waals surface area contributed by atoms with Crippen molar-refractivity contribution >= 4 is 12.4 Å². The van der Waals surface area contributed by atoms with Gasteiger partial charge in [-0.25, -0.2) is 0 Å². The van der Waals surface area contributed by atoms with Gasteiger partial charge in [0.15, 0.2) is 0 Å². The number of rotatable bonds is 6. The average molecular weight is 159 g/mol. The van der Waals surface area contributed by atoms with E-state index in [1.165, 1.54) is 0 Å². The molecule has 0 spiro atoms. The van der Waals surface area contributed by atoms with Crippen LogP contribution in [0.4, 0.5) is 0 Å². The summed E-state index contributed by atoms with van der Waals surface area (Å²) in [7, 11) is 0. The molecule has 0 aliphatic heterocycles. The summed E-state index contributed by atoms with van der Waals surface area (Å²) in [6.07, 6.45) is 1.64. The molecule has 0 aromatic rings. The monoisotopic (exact) mass is 159 g/mol. The second-order valence-electron chi connectivity index (χ2n) is 2.04. The molecular formula is C7H13NO3. The van der Waals surface area contributed by atoms with E-state index in [4.69, 9.17) is 4.74 Å². The van der Waals surface area contributed by atoms with Gasteiger partial charge in [0.25, 0.3) is 0 Å². The minimum Gasteiger partial charge on any atom is -0.466 e. The largest absolute Gasteiger partial charge is 0.466 e. The SMILES string of the molecule is CCCOC(=O)CCNC=O. The van der Waals surface area contributed by atoms with Crippen LogP contribution >= 0.6 is 0 Å². The lowest BCUT2D eigenvalue weighted by molar-refractivity contribution is -0.143. The second-order valence-corrected chi connectivity index (χ2v) is 2.04. The van der Waals surface area contributed by atoms with E-state index in [0.29, 0.717) is 19.6 Å². The first-order valence-corrected chi connectivity index (χ1v) is 3.64. The van der Waals surface area contributed by atoms with Crippen molar-refractivity contribution in [3.05, 3.63) is 0 Å². The molecule has 0 fully saturated rings. The number of amides is 1. The summed E-state index contributed by atoms with van der Waals surface area (Å²) in [5.41, 5.74) is 0. The van der Waals surface area contributed by atoms with Crippen molar-refractivity contribution in [1.82, 2.24) is 5.32 Å². The predicted molar refractivity (Wildman–Crippen MR) is 39.9 cm³/mol. The zero-order valence-electron chi connectivity index (χ0n) is 6.63. The van der Waals surface area contributed by atoms with Crippen LogP contribution in [0, 0.1) is 0 Å². The lowest BCUT2D eigenvalue weighted by Gasteiger charge is -2.01. The Morgan fingerprint density at radius 1 is 1.64 bits per heavy atom. The third-order valence-electron chi connectivity index (χ3n) is 1.02.